The van der Waals surface area contributed by atoms with E-state index in [1.807, 2.05) is 74.5 Å². The van der Waals surface area contributed by atoms with Crippen molar-refractivity contribution in [2.24, 2.45) is 0 Å². The Balaban J connectivity index is 2.00. The van der Waals surface area contributed by atoms with Gasteiger partial charge in [0.1, 0.15) is 17.7 Å². The molecule has 0 radical (unpaired) electrons. The number of nitrogens with zero attached hydrogens (tertiary/aromatic N) is 1. The molecule has 3 aromatic rings. The van der Waals surface area contributed by atoms with E-state index in [4.69, 9.17) is 4.74 Å². The lowest BCUT2D eigenvalue weighted by molar-refractivity contribution is -0.140. The third-order valence-corrected chi connectivity index (χ3v) is 6.91. The number of nitrogens with one attached hydrogen (secondary N) is 2. The van der Waals surface area contributed by atoms with Crippen LogP contribution in [0.15, 0.2) is 60.7 Å². The summed E-state index contributed by atoms with van der Waals surface area (Å²) in [6.45, 7) is 13.4. The maximum Gasteiger partial charge on any atom is 0.408 e. The summed E-state index contributed by atoms with van der Waals surface area (Å²) in [5.41, 5.74) is 2.69. The Morgan fingerprint density at radius 1 is 0.925 bits per heavy atom. The number of hydrogen-bond acceptors (Lipinski definition) is 4. The highest BCUT2D eigenvalue weighted by Gasteiger charge is 2.35. The van der Waals surface area contributed by atoms with Gasteiger partial charge in [0.15, 0.2) is 0 Å². The number of fused-ring (bicyclic) bond motifs is 1. The lowest BCUT2D eigenvalue weighted by atomic mass is 9.94. The van der Waals surface area contributed by atoms with Gasteiger partial charge < -0.3 is 20.3 Å². The van der Waals surface area contributed by atoms with Gasteiger partial charge in [0.25, 0.3) is 5.91 Å². The SMILES string of the molecule is CCCCCN(C(=O)C(C)NC(=O)OC(C)(C)C)C(C(=O)Nc1ccc2ccccc2c1)c1cccc(C)c1C. The second-order valence-corrected chi connectivity index (χ2v) is 11.3. The standard InChI is InChI=1S/C33H43N3O4/c1-8-9-12-20-36(31(38)24(4)34-32(39)40-33(5,6)7)29(28-17-13-14-22(2)23(28)3)30(37)35-27-19-18-25-15-10-11-16-26(25)21-27/h10-11,13-19,21,24,29H,8-9,12,20H2,1-7H3,(H,34,39)(H,35,37). The van der Waals surface area contributed by atoms with Gasteiger partial charge >= 0.3 is 6.09 Å². The summed E-state index contributed by atoms with van der Waals surface area (Å²) in [4.78, 5) is 42.2. The van der Waals surface area contributed by atoms with Crippen LogP contribution in [0.2, 0.25) is 0 Å². The highest BCUT2D eigenvalue weighted by atomic mass is 16.6. The summed E-state index contributed by atoms with van der Waals surface area (Å²) in [6.07, 6.45) is 1.92. The fraction of sp³-hybridized carbons (Fsp3) is 0.424. The minimum Gasteiger partial charge on any atom is -0.444 e. The van der Waals surface area contributed by atoms with Gasteiger partial charge in [0, 0.05) is 12.2 Å². The van der Waals surface area contributed by atoms with Gasteiger partial charge in [-0.15, -0.1) is 0 Å². The Bertz CT molecular complexity index is 1350. The largest absolute Gasteiger partial charge is 0.444 e. The maximum absolute atomic E-state index is 14.1. The molecule has 0 aromatic heterocycles. The molecule has 214 valence electrons. The quantitative estimate of drug-likeness (QED) is 0.267. The lowest BCUT2D eigenvalue weighted by Crippen LogP contribution is -2.51. The molecule has 2 atom stereocenters. The normalized spacial score (nSPS) is 12.9. The van der Waals surface area contributed by atoms with Crippen molar-refractivity contribution < 1.29 is 19.1 Å². The van der Waals surface area contributed by atoms with Crippen molar-refractivity contribution in [3.63, 3.8) is 0 Å². The van der Waals surface area contributed by atoms with Gasteiger partial charge in [-0.2, -0.15) is 0 Å². The molecule has 3 amide bonds. The minimum absolute atomic E-state index is 0.307. The third-order valence-electron chi connectivity index (χ3n) is 6.91. The second-order valence-electron chi connectivity index (χ2n) is 11.3. The van der Waals surface area contributed by atoms with Crippen molar-refractivity contribution in [1.29, 1.82) is 0 Å². The van der Waals surface area contributed by atoms with Gasteiger partial charge in [-0.1, -0.05) is 68.3 Å². The first-order valence-corrected chi connectivity index (χ1v) is 14.1. The molecule has 0 spiro atoms. The lowest BCUT2D eigenvalue weighted by Gasteiger charge is -2.34. The zero-order valence-electron chi connectivity index (χ0n) is 24.8. The van der Waals surface area contributed by atoms with Gasteiger partial charge in [-0.3, -0.25) is 9.59 Å². The average molecular weight is 546 g/mol. The number of benzene rings is 3. The molecular weight excluding hydrogens is 502 g/mol. The molecule has 2 N–H and O–H groups in total. The van der Waals surface area contributed by atoms with Crippen LogP contribution in [-0.2, 0) is 14.3 Å². The fourth-order valence-electron chi connectivity index (χ4n) is 4.69. The molecule has 0 aliphatic carbocycles. The highest BCUT2D eigenvalue weighted by Crippen LogP contribution is 2.29. The van der Waals surface area contributed by atoms with E-state index in [2.05, 4.69) is 17.6 Å². The van der Waals surface area contributed by atoms with Crippen LogP contribution in [0, 0.1) is 13.8 Å². The number of ether oxygens (including phenoxy) is 1. The van der Waals surface area contributed by atoms with Crippen LogP contribution < -0.4 is 10.6 Å². The zero-order chi connectivity index (χ0) is 29.4. The molecule has 0 saturated carbocycles. The van der Waals surface area contributed by atoms with E-state index in [0.29, 0.717) is 12.2 Å². The molecule has 0 heterocycles. The molecule has 0 aliphatic heterocycles. The van der Waals surface area contributed by atoms with Crippen molar-refractivity contribution in [3.05, 3.63) is 77.4 Å². The number of alkyl carbamates (subject to hydrolysis) is 1. The zero-order valence-corrected chi connectivity index (χ0v) is 24.8. The molecule has 0 saturated heterocycles. The van der Waals surface area contributed by atoms with E-state index in [1.54, 1.807) is 32.6 Å². The molecule has 0 fully saturated rings. The fourth-order valence-corrected chi connectivity index (χ4v) is 4.69. The van der Waals surface area contributed by atoms with Crippen LogP contribution >= 0.6 is 0 Å². The summed E-state index contributed by atoms with van der Waals surface area (Å²) in [5, 5.41) is 7.82. The van der Waals surface area contributed by atoms with Crippen molar-refractivity contribution >= 4 is 34.4 Å². The van der Waals surface area contributed by atoms with E-state index >= 15 is 0 Å². The molecule has 40 heavy (non-hydrogen) atoms. The number of hydrogen-bond donors (Lipinski definition) is 2. The topological polar surface area (TPSA) is 87.7 Å². The average Bonchev–Trinajstić information content (AvgIpc) is 2.88. The highest BCUT2D eigenvalue weighted by molar-refractivity contribution is 6.00. The van der Waals surface area contributed by atoms with Gasteiger partial charge in [-0.05, 0) is 87.6 Å². The molecule has 3 aromatic carbocycles. The molecule has 3 rings (SSSR count). The summed E-state index contributed by atoms with van der Waals surface area (Å²) < 4.78 is 5.38. The van der Waals surface area contributed by atoms with Gasteiger partial charge in [-0.25, -0.2) is 4.79 Å². The van der Waals surface area contributed by atoms with Crippen LogP contribution in [0.5, 0.6) is 0 Å². The number of rotatable bonds is 10. The Morgan fingerprint density at radius 2 is 1.62 bits per heavy atom. The van der Waals surface area contributed by atoms with E-state index in [1.165, 1.54) is 0 Å². The molecule has 0 aliphatic rings. The van der Waals surface area contributed by atoms with E-state index in [0.717, 1.165) is 46.7 Å². The van der Waals surface area contributed by atoms with Crippen molar-refractivity contribution in [2.45, 2.75) is 85.4 Å². The monoisotopic (exact) mass is 545 g/mol. The molecule has 7 heteroatoms. The van der Waals surface area contributed by atoms with Crippen LogP contribution in [-0.4, -0.2) is 41.0 Å². The second kappa shape index (κ2) is 13.5. The first-order valence-electron chi connectivity index (χ1n) is 14.1. The molecule has 0 bridgehead atoms. The molecule has 7 nitrogen and oxygen atoms in total. The predicted molar refractivity (Wildman–Crippen MR) is 161 cm³/mol. The third kappa shape index (κ3) is 8.07. The van der Waals surface area contributed by atoms with E-state index in [-0.39, 0.29) is 11.8 Å². The first-order chi connectivity index (χ1) is 18.9. The Morgan fingerprint density at radius 3 is 2.30 bits per heavy atom. The van der Waals surface area contributed by atoms with E-state index < -0.39 is 23.8 Å². The summed E-state index contributed by atoms with van der Waals surface area (Å²) in [6, 6.07) is 17.7. The van der Waals surface area contributed by atoms with Crippen molar-refractivity contribution in [2.75, 3.05) is 11.9 Å². The number of anilines is 1. The van der Waals surface area contributed by atoms with Gasteiger partial charge in [0.2, 0.25) is 5.91 Å². The smallest absolute Gasteiger partial charge is 0.408 e. The first kappa shape index (κ1) is 30.7. The van der Waals surface area contributed by atoms with Crippen molar-refractivity contribution in [3.8, 4) is 0 Å². The van der Waals surface area contributed by atoms with Gasteiger partial charge in [0.05, 0.1) is 0 Å². The summed E-state index contributed by atoms with van der Waals surface area (Å²) in [5.74, 6) is -0.653. The van der Waals surface area contributed by atoms with Crippen LogP contribution in [0.4, 0.5) is 10.5 Å². The summed E-state index contributed by atoms with van der Waals surface area (Å²) in [7, 11) is 0. The number of unbranched alkanes of at least 4 members (excludes halogenated alkanes) is 2. The van der Waals surface area contributed by atoms with E-state index in [9.17, 15) is 14.4 Å². The Labute approximate surface area is 238 Å². The molecule has 2 unspecified atom stereocenters. The number of aryl methyl sites for hydroxylation is 1. The predicted octanol–water partition coefficient (Wildman–Crippen LogP) is 7.07. The number of carbonyl (C=O) groups is 3. The van der Waals surface area contributed by atoms with Crippen LogP contribution in [0.1, 0.15) is 76.6 Å². The van der Waals surface area contributed by atoms with Crippen LogP contribution in [0.3, 0.4) is 0 Å². The maximum atomic E-state index is 14.1. The van der Waals surface area contributed by atoms with Crippen molar-refractivity contribution in [1.82, 2.24) is 10.2 Å². The van der Waals surface area contributed by atoms with Crippen LogP contribution in [0.25, 0.3) is 10.8 Å². The Hall–Kier alpha value is -3.87. The number of amides is 3. The number of carbonyl (C=O) groups excluding carboxylic acids is 3. The molecular formula is C33H43N3O4. The minimum atomic E-state index is -0.891. The Kier molecular flexibility index (Phi) is 10.3. The summed E-state index contributed by atoms with van der Waals surface area (Å²) >= 11 is 0.